The van der Waals surface area contributed by atoms with E-state index in [0.29, 0.717) is 5.56 Å². The minimum absolute atomic E-state index is 0.0272. The Morgan fingerprint density at radius 3 is 2.64 bits per heavy atom. The molecule has 3 heteroatoms. The van der Waals surface area contributed by atoms with E-state index >= 15 is 0 Å². The van der Waals surface area contributed by atoms with E-state index in [4.69, 9.17) is 5.26 Å². The molecule has 1 aromatic rings. The number of hydrogen-bond donors (Lipinski definition) is 1. The average Bonchev–Trinajstić information content (AvgIpc) is 1.85. The molecule has 1 N–H and O–H groups in total. The van der Waals surface area contributed by atoms with Crippen molar-refractivity contribution in [3.05, 3.63) is 27.7 Å². The average molecular weight is 212 g/mol. The van der Waals surface area contributed by atoms with Gasteiger partial charge in [0.1, 0.15) is 11.8 Å². The Morgan fingerprint density at radius 1 is 1.55 bits per heavy atom. The van der Waals surface area contributed by atoms with Crippen molar-refractivity contribution in [2.45, 2.75) is 6.92 Å². The van der Waals surface area contributed by atoms with Crippen LogP contribution in [0.4, 0.5) is 0 Å². The van der Waals surface area contributed by atoms with Gasteiger partial charge in [-0.15, -0.1) is 0 Å². The molecule has 0 bridgehead atoms. The van der Waals surface area contributed by atoms with Crippen molar-refractivity contribution in [1.82, 2.24) is 0 Å². The molecule has 0 aliphatic rings. The molecule has 0 saturated heterocycles. The monoisotopic (exact) mass is 211 g/mol. The Labute approximate surface area is 73.2 Å². The minimum Gasteiger partial charge on any atom is -0.507 e. The second kappa shape index (κ2) is 2.93. The molecule has 1 rings (SSSR count). The fourth-order valence-corrected chi connectivity index (χ4v) is 1.43. The number of aromatic hydroxyl groups is 1. The number of phenolic OH excluding ortho intramolecular Hbond substituents is 1. The Kier molecular flexibility index (Phi) is 2.16. The van der Waals surface area contributed by atoms with Gasteiger partial charge < -0.3 is 5.11 Å². The van der Waals surface area contributed by atoms with Crippen molar-refractivity contribution in [1.29, 1.82) is 5.26 Å². The van der Waals surface area contributed by atoms with Crippen LogP contribution in [0.15, 0.2) is 16.6 Å². The number of nitrogens with zero attached hydrogens (tertiary/aromatic N) is 1. The molecule has 2 nitrogen and oxygen atoms in total. The summed E-state index contributed by atoms with van der Waals surface area (Å²) in [7, 11) is 0. The molecule has 0 fully saturated rings. The van der Waals surface area contributed by atoms with Crippen molar-refractivity contribution in [2.75, 3.05) is 0 Å². The van der Waals surface area contributed by atoms with Crippen LogP contribution in [0.2, 0.25) is 0 Å². The maximum atomic E-state index is 9.22. The molecule has 0 saturated carbocycles. The second-order valence-electron chi connectivity index (χ2n) is 2.23. The number of hydrogen-bond acceptors (Lipinski definition) is 2. The fraction of sp³-hybridized carbons (Fsp3) is 0.125. The Bertz CT molecular complexity index is 304. The van der Waals surface area contributed by atoms with E-state index in [2.05, 4.69) is 15.9 Å². The van der Waals surface area contributed by atoms with Crippen molar-refractivity contribution in [2.24, 2.45) is 0 Å². The lowest BCUT2D eigenvalue weighted by molar-refractivity contribution is 0.472. The second-order valence-corrected chi connectivity index (χ2v) is 3.14. The lowest BCUT2D eigenvalue weighted by Gasteiger charge is -2.00. The minimum atomic E-state index is 0.0272. The van der Waals surface area contributed by atoms with E-state index in [9.17, 15) is 5.11 Å². The first kappa shape index (κ1) is 8.09. The maximum Gasteiger partial charge on any atom is 0.134 e. The van der Waals surface area contributed by atoms with Gasteiger partial charge in [0, 0.05) is 4.47 Å². The highest BCUT2D eigenvalue weighted by molar-refractivity contribution is 9.10. The third-order valence-electron chi connectivity index (χ3n) is 1.39. The van der Waals surface area contributed by atoms with Gasteiger partial charge in [-0.2, -0.15) is 5.26 Å². The van der Waals surface area contributed by atoms with E-state index in [0.717, 1.165) is 10.0 Å². The molecule has 11 heavy (non-hydrogen) atoms. The number of aryl methyl sites for hydroxylation is 1. The van der Waals surface area contributed by atoms with Gasteiger partial charge in [-0.3, -0.25) is 0 Å². The third-order valence-corrected chi connectivity index (χ3v) is 1.85. The summed E-state index contributed by atoms with van der Waals surface area (Å²) in [6, 6.07) is 5.22. The molecule has 0 aliphatic carbocycles. The highest BCUT2D eigenvalue weighted by atomic mass is 79.9. The van der Waals surface area contributed by atoms with Gasteiger partial charge in [-0.25, -0.2) is 0 Å². The third kappa shape index (κ3) is 1.52. The van der Waals surface area contributed by atoms with Crippen LogP contribution in [0.5, 0.6) is 5.75 Å². The summed E-state index contributed by atoms with van der Waals surface area (Å²) >= 11 is 3.21. The largest absolute Gasteiger partial charge is 0.507 e. The number of rotatable bonds is 0. The summed E-state index contributed by atoms with van der Waals surface area (Å²) in [5, 5.41) is 17.8. The normalized spacial score (nSPS) is 9.18. The number of benzene rings is 1. The molecule has 0 atom stereocenters. The number of halogens is 1. The number of nitriles is 1. The summed E-state index contributed by atoms with van der Waals surface area (Å²) in [5.74, 6) is 0.0272. The zero-order valence-corrected chi connectivity index (χ0v) is 7.51. The predicted molar refractivity (Wildman–Crippen MR) is 45.3 cm³/mol. The van der Waals surface area contributed by atoms with Crippen LogP contribution < -0.4 is 0 Å². The van der Waals surface area contributed by atoms with Crippen molar-refractivity contribution < 1.29 is 5.11 Å². The van der Waals surface area contributed by atoms with Crippen LogP contribution in [-0.2, 0) is 0 Å². The van der Waals surface area contributed by atoms with E-state index in [1.165, 1.54) is 6.07 Å². The van der Waals surface area contributed by atoms with Crippen molar-refractivity contribution in [3.8, 4) is 11.8 Å². The quantitative estimate of drug-likeness (QED) is 0.717. The zero-order valence-electron chi connectivity index (χ0n) is 5.93. The van der Waals surface area contributed by atoms with Gasteiger partial charge in [-0.1, -0.05) is 15.9 Å². The molecule has 0 aromatic heterocycles. The molecule has 0 amide bonds. The Hall–Kier alpha value is -1.01. The summed E-state index contributed by atoms with van der Waals surface area (Å²) in [6.07, 6.45) is 0. The van der Waals surface area contributed by atoms with Gasteiger partial charge in [0.05, 0.1) is 5.56 Å². The van der Waals surface area contributed by atoms with Crippen LogP contribution in [0.25, 0.3) is 0 Å². The lowest BCUT2D eigenvalue weighted by atomic mass is 10.1. The molecule has 0 spiro atoms. The van der Waals surface area contributed by atoms with Crippen LogP contribution in [0.1, 0.15) is 11.1 Å². The van der Waals surface area contributed by atoms with Gasteiger partial charge in [-0.05, 0) is 24.6 Å². The topological polar surface area (TPSA) is 44.0 Å². The van der Waals surface area contributed by atoms with Gasteiger partial charge >= 0.3 is 0 Å². The molecule has 0 unspecified atom stereocenters. The highest BCUT2D eigenvalue weighted by Crippen LogP contribution is 2.24. The van der Waals surface area contributed by atoms with E-state index in [1.807, 2.05) is 6.07 Å². The van der Waals surface area contributed by atoms with Crippen LogP contribution in [0, 0.1) is 18.3 Å². The highest BCUT2D eigenvalue weighted by Gasteiger charge is 2.04. The van der Waals surface area contributed by atoms with Crippen LogP contribution >= 0.6 is 15.9 Å². The Balaban J connectivity index is 3.40. The van der Waals surface area contributed by atoms with Gasteiger partial charge in [0.15, 0.2) is 0 Å². The molecular weight excluding hydrogens is 206 g/mol. The van der Waals surface area contributed by atoms with E-state index in [-0.39, 0.29) is 5.75 Å². The molecule has 1 aromatic carbocycles. The lowest BCUT2D eigenvalue weighted by Crippen LogP contribution is -1.82. The van der Waals surface area contributed by atoms with Crippen LogP contribution in [-0.4, -0.2) is 5.11 Å². The Morgan fingerprint density at radius 2 is 2.18 bits per heavy atom. The maximum absolute atomic E-state index is 9.22. The first-order valence-electron chi connectivity index (χ1n) is 3.04. The first-order valence-corrected chi connectivity index (χ1v) is 3.83. The van der Waals surface area contributed by atoms with Gasteiger partial charge in [0.2, 0.25) is 0 Å². The molecule has 0 radical (unpaired) electrons. The summed E-state index contributed by atoms with van der Waals surface area (Å²) < 4.78 is 0.784. The van der Waals surface area contributed by atoms with E-state index in [1.54, 1.807) is 13.0 Å². The molecular formula is C8H6BrNO. The smallest absolute Gasteiger partial charge is 0.134 e. The number of phenols is 1. The van der Waals surface area contributed by atoms with E-state index < -0.39 is 0 Å². The first-order chi connectivity index (χ1) is 5.15. The molecule has 56 valence electrons. The fourth-order valence-electron chi connectivity index (χ4n) is 0.871. The standard InChI is InChI=1S/C8H6BrNO/c1-5-2-6(9)3-8(11)7(5)4-10/h2-3,11H,1H3. The summed E-state index contributed by atoms with van der Waals surface area (Å²) in [5.41, 5.74) is 1.12. The zero-order chi connectivity index (χ0) is 8.43. The summed E-state index contributed by atoms with van der Waals surface area (Å²) in [6.45, 7) is 1.78. The van der Waals surface area contributed by atoms with Crippen molar-refractivity contribution >= 4 is 15.9 Å². The molecule has 0 heterocycles. The SMILES string of the molecule is Cc1cc(Br)cc(O)c1C#N. The molecule has 0 aliphatic heterocycles. The van der Waals surface area contributed by atoms with Crippen molar-refractivity contribution in [3.63, 3.8) is 0 Å². The van der Waals surface area contributed by atoms with Gasteiger partial charge in [0.25, 0.3) is 0 Å². The summed E-state index contributed by atoms with van der Waals surface area (Å²) in [4.78, 5) is 0. The van der Waals surface area contributed by atoms with Crippen LogP contribution in [0.3, 0.4) is 0 Å². The predicted octanol–water partition coefficient (Wildman–Crippen LogP) is 2.33.